The van der Waals surface area contributed by atoms with Gasteiger partial charge in [0.2, 0.25) is 0 Å². The Bertz CT molecular complexity index is 373. The average molecular weight is 279 g/mol. The van der Waals surface area contributed by atoms with E-state index in [0.29, 0.717) is 18.4 Å². The van der Waals surface area contributed by atoms with Crippen LogP contribution in [0.15, 0.2) is 24.3 Å². The molecule has 3 heteroatoms. The van der Waals surface area contributed by atoms with E-state index in [2.05, 4.69) is 45.1 Å². The van der Waals surface area contributed by atoms with Crippen LogP contribution in [0.5, 0.6) is 0 Å². The van der Waals surface area contributed by atoms with Gasteiger partial charge in [-0.2, -0.15) is 0 Å². The van der Waals surface area contributed by atoms with E-state index in [1.807, 2.05) is 12.1 Å². The minimum absolute atomic E-state index is 0.0434. The van der Waals surface area contributed by atoms with Gasteiger partial charge in [-0.15, -0.1) is 0 Å². The standard InChI is InChI=1S/C17H29NO2/c1-12(2)11-14-5-7-15(8-6-14)17(20)16(13(3)4)18-9-10-19/h5-8,12-13,16-20H,9-11H2,1-4H3. The molecule has 114 valence electrons. The van der Waals surface area contributed by atoms with Crippen molar-refractivity contribution in [3.8, 4) is 0 Å². The Kier molecular flexibility index (Phi) is 7.20. The van der Waals surface area contributed by atoms with Gasteiger partial charge in [0.1, 0.15) is 0 Å². The Morgan fingerprint density at radius 3 is 2.10 bits per heavy atom. The van der Waals surface area contributed by atoms with E-state index in [1.165, 1.54) is 5.56 Å². The van der Waals surface area contributed by atoms with Crippen molar-refractivity contribution in [1.82, 2.24) is 5.32 Å². The number of hydrogen-bond acceptors (Lipinski definition) is 3. The predicted octanol–water partition coefficient (Wildman–Crippen LogP) is 2.53. The van der Waals surface area contributed by atoms with E-state index in [1.54, 1.807) is 0 Å². The highest BCUT2D eigenvalue weighted by Gasteiger charge is 2.23. The minimum Gasteiger partial charge on any atom is -0.395 e. The van der Waals surface area contributed by atoms with E-state index in [4.69, 9.17) is 5.11 Å². The highest BCUT2D eigenvalue weighted by molar-refractivity contribution is 5.25. The zero-order chi connectivity index (χ0) is 15.1. The van der Waals surface area contributed by atoms with Crippen LogP contribution < -0.4 is 5.32 Å². The van der Waals surface area contributed by atoms with Crippen LogP contribution in [-0.4, -0.2) is 29.4 Å². The molecule has 0 amide bonds. The Morgan fingerprint density at radius 2 is 1.65 bits per heavy atom. The maximum Gasteiger partial charge on any atom is 0.0945 e. The van der Waals surface area contributed by atoms with Gasteiger partial charge in [0.05, 0.1) is 12.7 Å². The molecule has 0 spiro atoms. The zero-order valence-corrected chi connectivity index (χ0v) is 13.1. The molecule has 20 heavy (non-hydrogen) atoms. The number of aliphatic hydroxyl groups is 2. The Morgan fingerprint density at radius 1 is 1.05 bits per heavy atom. The fraction of sp³-hybridized carbons (Fsp3) is 0.647. The summed E-state index contributed by atoms with van der Waals surface area (Å²) < 4.78 is 0. The molecule has 0 bridgehead atoms. The third-order valence-corrected chi connectivity index (χ3v) is 3.52. The van der Waals surface area contributed by atoms with Crippen LogP contribution in [0.4, 0.5) is 0 Å². The Labute approximate surface area is 123 Å². The molecule has 0 aromatic heterocycles. The number of aliphatic hydroxyl groups excluding tert-OH is 2. The van der Waals surface area contributed by atoms with E-state index in [9.17, 15) is 5.11 Å². The molecule has 0 aliphatic rings. The average Bonchev–Trinajstić information content (AvgIpc) is 2.38. The SMILES string of the molecule is CC(C)Cc1ccc(C(O)C(NCCO)C(C)C)cc1. The summed E-state index contributed by atoms with van der Waals surface area (Å²) >= 11 is 0. The summed E-state index contributed by atoms with van der Waals surface area (Å²) in [5, 5.41) is 22.6. The molecule has 0 heterocycles. The predicted molar refractivity (Wildman–Crippen MR) is 83.7 cm³/mol. The molecule has 3 N–H and O–H groups in total. The van der Waals surface area contributed by atoms with Crippen LogP contribution in [-0.2, 0) is 6.42 Å². The quantitative estimate of drug-likeness (QED) is 0.685. The molecule has 1 rings (SSSR count). The summed E-state index contributed by atoms with van der Waals surface area (Å²) in [6.07, 6.45) is 0.516. The first-order chi connectivity index (χ1) is 9.45. The molecule has 0 radical (unpaired) electrons. The molecular weight excluding hydrogens is 250 g/mol. The van der Waals surface area contributed by atoms with Crippen molar-refractivity contribution in [2.24, 2.45) is 11.8 Å². The lowest BCUT2D eigenvalue weighted by Crippen LogP contribution is -2.40. The zero-order valence-electron chi connectivity index (χ0n) is 13.1. The van der Waals surface area contributed by atoms with Crippen LogP contribution in [0.3, 0.4) is 0 Å². The number of hydrogen-bond donors (Lipinski definition) is 3. The number of nitrogens with one attached hydrogen (secondary N) is 1. The molecule has 0 aliphatic heterocycles. The molecule has 2 atom stereocenters. The smallest absolute Gasteiger partial charge is 0.0945 e. The first kappa shape index (κ1) is 17.2. The number of benzene rings is 1. The first-order valence-electron chi connectivity index (χ1n) is 7.56. The molecule has 3 nitrogen and oxygen atoms in total. The van der Waals surface area contributed by atoms with E-state index < -0.39 is 6.10 Å². The lowest BCUT2D eigenvalue weighted by atomic mass is 9.92. The van der Waals surface area contributed by atoms with Gasteiger partial charge in [-0.05, 0) is 29.4 Å². The minimum atomic E-state index is -0.547. The fourth-order valence-corrected chi connectivity index (χ4v) is 2.47. The van der Waals surface area contributed by atoms with Gasteiger partial charge in [-0.3, -0.25) is 0 Å². The Balaban J connectivity index is 2.75. The monoisotopic (exact) mass is 279 g/mol. The third kappa shape index (κ3) is 5.23. The third-order valence-electron chi connectivity index (χ3n) is 3.52. The van der Waals surface area contributed by atoms with E-state index in [0.717, 1.165) is 12.0 Å². The van der Waals surface area contributed by atoms with Crippen molar-refractivity contribution in [2.75, 3.05) is 13.2 Å². The molecule has 1 aromatic carbocycles. The van der Waals surface area contributed by atoms with Gasteiger partial charge in [0.25, 0.3) is 0 Å². The lowest BCUT2D eigenvalue weighted by molar-refractivity contribution is 0.102. The van der Waals surface area contributed by atoms with Gasteiger partial charge in [0.15, 0.2) is 0 Å². The topological polar surface area (TPSA) is 52.5 Å². The summed E-state index contributed by atoms with van der Waals surface area (Å²) in [7, 11) is 0. The second-order valence-electron chi connectivity index (χ2n) is 6.23. The summed E-state index contributed by atoms with van der Waals surface area (Å²) in [5.41, 5.74) is 2.24. The second-order valence-corrected chi connectivity index (χ2v) is 6.23. The van der Waals surface area contributed by atoms with Crippen molar-refractivity contribution >= 4 is 0 Å². The van der Waals surface area contributed by atoms with E-state index >= 15 is 0 Å². The highest BCUT2D eigenvalue weighted by Crippen LogP contribution is 2.22. The first-order valence-corrected chi connectivity index (χ1v) is 7.56. The second kappa shape index (κ2) is 8.40. The van der Waals surface area contributed by atoms with Crippen LogP contribution in [0, 0.1) is 11.8 Å². The van der Waals surface area contributed by atoms with Crippen LogP contribution in [0.25, 0.3) is 0 Å². The molecule has 2 unspecified atom stereocenters. The number of rotatable bonds is 8. The molecular formula is C17H29NO2. The van der Waals surface area contributed by atoms with E-state index in [-0.39, 0.29) is 12.6 Å². The van der Waals surface area contributed by atoms with Crippen LogP contribution in [0.1, 0.15) is 44.9 Å². The maximum absolute atomic E-state index is 10.5. The van der Waals surface area contributed by atoms with Crippen molar-refractivity contribution in [1.29, 1.82) is 0 Å². The highest BCUT2D eigenvalue weighted by atomic mass is 16.3. The Hall–Kier alpha value is -0.900. The van der Waals surface area contributed by atoms with Gasteiger partial charge >= 0.3 is 0 Å². The van der Waals surface area contributed by atoms with Crippen molar-refractivity contribution in [3.63, 3.8) is 0 Å². The summed E-state index contributed by atoms with van der Waals surface area (Å²) in [6, 6.07) is 8.18. The van der Waals surface area contributed by atoms with Gasteiger partial charge in [0, 0.05) is 12.6 Å². The van der Waals surface area contributed by atoms with Crippen molar-refractivity contribution < 1.29 is 10.2 Å². The fourth-order valence-electron chi connectivity index (χ4n) is 2.47. The maximum atomic E-state index is 10.5. The molecule has 0 saturated carbocycles. The summed E-state index contributed by atoms with van der Waals surface area (Å²) in [4.78, 5) is 0. The largest absolute Gasteiger partial charge is 0.395 e. The molecule has 1 aromatic rings. The van der Waals surface area contributed by atoms with Crippen molar-refractivity contribution in [2.45, 2.75) is 46.3 Å². The summed E-state index contributed by atoms with van der Waals surface area (Å²) in [5.74, 6) is 0.937. The van der Waals surface area contributed by atoms with Gasteiger partial charge < -0.3 is 15.5 Å². The molecule has 0 saturated heterocycles. The summed E-state index contributed by atoms with van der Waals surface area (Å²) in [6.45, 7) is 9.15. The van der Waals surface area contributed by atoms with Crippen molar-refractivity contribution in [3.05, 3.63) is 35.4 Å². The van der Waals surface area contributed by atoms with Crippen LogP contribution >= 0.6 is 0 Å². The lowest BCUT2D eigenvalue weighted by Gasteiger charge is -2.28. The normalized spacial score (nSPS) is 14.8. The van der Waals surface area contributed by atoms with Crippen LogP contribution in [0.2, 0.25) is 0 Å². The molecule has 0 fully saturated rings. The molecule has 0 aliphatic carbocycles. The van der Waals surface area contributed by atoms with Gasteiger partial charge in [-0.25, -0.2) is 0 Å². The van der Waals surface area contributed by atoms with Gasteiger partial charge in [-0.1, -0.05) is 52.0 Å².